The third-order valence-electron chi connectivity index (χ3n) is 2.75. The summed E-state index contributed by atoms with van der Waals surface area (Å²) in [5.74, 6) is 0.796. The Hall–Kier alpha value is -1.58. The van der Waals surface area contributed by atoms with Crippen molar-refractivity contribution in [2.45, 2.75) is 20.1 Å². The van der Waals surface area contributed by atoms with Crippen molar-refractivity contribution >= 4 is 11.6 Å². The Morgan fingerprint density at radius 3 is 2.74 bits per heavy atom. The number of pyridine rings is 1. The van der Waals surface area contributed by atoms with Gasteiger partial charge in [-0.15, -0.1) is 0 Å². The van der Waals surface area contributed by atoms with E-state index in [1.165, 1.54) is 0 Å². The summed E-state index contributed by atoms with van der Waals surface area (Å²) in [5.41, 5.74) is 2.87. The van der Waals surface area contributed by atoms with Crippen LogP contribution in [0.5, 0.6) is 5.75 Å². The average Bonchev–Trinajstić information content (AvgIpc) is 2.40. The van der Waals surface area contributed by atoms with Gasteiger partial charge in [0.1, 0.15) is 12.4 Å². The number of ether oxygens (including phenoxy) is 1. The van der Waals surface area contributed by atoms with E-state index < -0.39 is 0 Å². The Morgan fingerprint density at radius 1 is 1.21 bits per heavy atom. The topological polar surface area (TPSA) is 34.1 Å². The number of hydrogen-bond donors (Lipinski definition) is 1. The van der Waals surface area contributed by atoms with E-state index in [2.05, 4.69) is 10.3 Å². The summed E-state index contributed by atoms with van der Waals surface area (Å²) in [6, 6.07) is 11.6. The number of benzene rings is 1. The fourth-order valence-electron chi connectivity index (χ4n) is 1.85. The largest absolute Gasteiger partial charge is 0.487 e. The number of rotatable bonds is 5. The molecule has 0 spiro atoms. The number of aromatic nitrogens is 1. The molecular weight excluding hydrogens is 260 g/mol. The minimum atomic E-state index is 0.443. The lowest BCUT2D eigenvalue weighted by atomic mass is 10.2. The number of nitrogens with zero attached hydrogens (tertiary/aromatic N) is 1. The highest BCUT2D eigenvalue weighted by Crippen LogP contribution is 2.26. The van der Waals surface area contributed by atoms with Crippen LogP contribution < -0.4 is 10.1 Å². The Balaban J connectivity index is 2.13. The molecule has 0 saturated carbocycles. The lowest BCUT2D eigenvalue weighted by molar-refractivity contribution is 0.297. The van der Waals surface area contributed by atoms with Gasteiger partial charge in [-0.2, -0.15) is 0 Å². The van der Waals surface area contributed by atoms with Crippen molar-refractivity contribution in [1.29, 1.82) is 0 Å². The van der Waals surface area contributed by atoms with Crippen LogP contribution >= 0.6 is 11.6 Å². The Bertz CT molecular complexity index is 558. The van der Waals surface area contributed by atoms with E-state index >= 15 is 0 Å². The van der Waals surface area contributed by atoms with E-state index in [1.54, 1.807) is 0 Å². The second-order valence-corrected chi connectivity index (χ2v) is 4.71. The molecule has 1 aromatic carbocycles. The van der Waals surface area contributed by atoms with Gasteiger partial charge in [-0.25, -0.2) is 0 Å². The molecule has 4 heteroatoms. The Labute approximate surface area is 118 Å². The second-order valence-electron chi connectivity index (χ2n) is 4.31. The summed E-state index contributed by atoms with van der Waals surface area (Å²) < 4.78 is 5.82. The molecule has 0 aliphatic heterocycles. The zero-order valence-electron chi connectivity index (χ0n) is 11.1. The van der Waals surface area contributed by atoms with Gasteiger partial charge in [0.2, 0.25) is 0 Å². The van der Waals surface area contributed by atoms with Crippen LogP contribution in [0.2, 0.25) is 5.02 Å². The fraction of sp³-hybridized carbons (Fsp3) is 0.267. The minimum Gasteiger partial charge on any atom is -0.487 e. The third kappa shape index (κ3) is 3.69. The maximum atomic E-state index is 6.18. The smallest absolute Gasteiger partial charge is 0.130 e. The molecule has 19 heavy (non-hydrogen) atoms. The predicted octanol–water partition coefficient (Wildman–Crippen LogP) is 3.34. The SMILES string of the molecule is CNCc1c(Cl)cccc1OCc1cccc(C)n1. The highest BCUT2D eigenvalue weighted by Gasteiger charge is 2.07. The summed E-state index contributed by atoms with van der Waals surface area (Å²) in [7, 11) is 1.88. The second kappa shape index (κ2) is 6.55. The van der Waals surface area contributed by atoms with Gasteiger partial charge in [0.25, 0.3) is 0 Å². The van der Waals surface area contributed by atoms with Crippen LogP contribution in [0, 0.1) is 6.92 Å². The fourth-order valence-corrected chi connectivity index (χ4v) is 2.09. The number of nitrogens with one attached hydrogen (secondary N) is 1. The van der Waals surface area contributed by atoms with Crippen molar-refractivity contribution in [1.82, 2.24) is 10.3 Å². The summed E-state index contributed by atoms with van der Waals surface area (Å²) in [4.78, 5) is 4.41. The van der Waals surface area contributed by atoms with Crippen molar-refractivity contribution in [2.75, 3.05) is 7.05 Å². The summed E-state index contributed by atoms with van der Waals surface area (Å²) in [6.45, 7) is 3.09. The standard InChI is InChI=1S/C15H17ClN2O/c1-11-5-3-6-12(18-11)10-19-15-8-4-7-14(16)13(15)9-17-2/h3-8,17H,9-10H2,1-2H3. The molecular formula is C15H17ClN2O. The Kier molecular flexibility index (Phi) is 4.77. The van der Waals surface area contributed by atoms with Crippen molar-refractivity contribution < 1.29 is 4.74 Å². The van der Waals surface area contributed by atoms with Gasteiger partial charge in [-0.3, -0.25) is 4.98 Å². The van der Waals surface area contributed by atoms with E-state index in [4.69, 9.17) is 16.3 Å². The van der Waals surface area contributed by atoms with Gasteiger partial charge in [0, 0.05) is 22.8 Å². The first-order chi connectivity index (χ1) is 9.20. The first-order valence-corrected chi connectivity index (χ1v) is 6.56. The van der Waals surface area contributed by atoms with E-state index in [0.29, 0.717) is 18.2 Å². The highest BCUT2D eigenvalue weighted by atomic mass is 35.5. The average molecular weight is 277 g/mol. The summed E-state index contributed by atoms with van der Waals surface area (Å²) >= 11 is 6.18. The summed E-state index contributed by atoms with van der Waals surface area (Å²) in [6.07, 6.45) is 0. The van der Waals surface area contributed by atoms with E-state index in [-0.39, 0.29) is 0 Å². The molecule has 2 rings (SSSR count). The van der Waals surface area contributed by atoms with Gasteiger partial charge in [-0.05, 0) is 38.2 Å². The molecule has 0 bridgehead atoms. The quantitative estimate of drug-likeness (QED) is 0.909. The molecule has 0 aliphatic rings. The first-order valence-electron chi connectivity index (χ1n) is 6.18. The number of halogens is 1. The maximum absolute atomic E-state index is 6.18. The lowest BCUT2D eigenvalue weighted by Gasteiger charge is -2.12. The van der Waals surface area contributed by atoms with E-state index in [0.717, 1.165) is 22.7 Å². The molecule has 1 N–H and O–H groups in total. The predicted molar refractivity (Wildman–Crippen MR) is 77.5 cm³/mol. The minimum absolute atomic E-state index is 0.443. The van der Waals surface area contributed by atoms with Crippen LogP contribution in [0.1, 0.15) is 17.0 Å². The van der Waals surface area contributed by atoms with Crippen LogP contribution in [0.25, 0.3) is 0 Å². The van der Waals surface area contributed by atoms with Crippen LogP contribution in [0.3, 0.4) is 0 Å². The molecule has 0 radical (unpaired) electrons. The zero-order chi connectivity index (χ0) is 13.7. The monoisotopic (exact) mass is 276 g/mol. The van der Waals surface area contributed by atoms with Crippen molar-refractivity contribution in [2.24, 2.45) is 0 Å². The van der Waals surface area contributed by atoms with Gasteiger partial charge in [0.15, 0.2) is 0 Å². The van der Waals surface area contributed by atoms with Crippen LogP contribution in [-0.2, 0) is 13.2 Å². The maximum Gasteiger partial charge on any atom is 0.130 e. The normalized spacial score (nSPS) is 10.5. The molecule has 0 saturated heterocycles. The van der Waals surface area contributed by atoms with Crippen LogP contribution in [0.4, 0.5) is 0 Å². The highest BCUT2D eigenvalue weighted by molar-refractivity contribution is 6.31. The lowest BCUT2D eigenvalue weighted by Crippen LogP contribution is -2.08. The third-order valence-corrected chi connectivity index (χ3v) is 3.11. The molecule has 0 atom stereocenters. The van der Waals surface area contributed by atoms with Gasteiger partial charge >= 0.3 is 0 Å². The first kappa shape index (κ1) is 13.8. The summed E-state index contributed by atoms with van der Waals surface area (Å²) in [5, 5.41) is 3.80. The van der Waals surface area contributed by atoms with E-state index in [1.807, 2.05) is 50.4 Å². The van der Waals surface area contributed by atoms with Gasteiger partial charge in [-0.1, -0.05) is 23.7 Å². The molecule has 0 fully saturated rings. The number of aryl methyl sites for hydroxylation is 1. The van der Waals surface area contributed by atoms with Crippen molar-refractivity contribution in [3.8, 4) is 5.75 Å². The van der Waals surface area contributed by atoms with Gasteiger partial charge < -0.3 is 10.1 Å². The molecule has 0 aliphatic carbocycles. The molecule has 0 amide bonds. The Morgan fingerprint density at radius 2 is 2.00 bits per heavy atom. The van der Waals surface area contributed by atoms with Crippen LogP contribution in [-0.4, -0.2) is 12.0 Å². The molecule has 0 unspecified atom stereocenters. The molecule has 1 aromatic heterocycles. The molecule has 1 heterocycles. The number of hydrogen-bond acceptors (Lipinski definition) is 3. The van der Waals surface area contributed by atoms with Crippen molar-refractivity contribution in [3.05, 3.63) is 58.4 Å². The molecule has 3 nitrogen and oxygen atoms in total. The van der Waals surface area contributed by atoms with Crippen molar-refractivity contribution in [3.63, 3.8) is 0 Å². The van der Waals surface area contributed by atoms with Gasteiger partial charge in [0.05, 0.1) is 5.69 Å². The zero-order valence-corrected chi connectivity index (χ0v) is 11.9. The van der Waals surface area contributed by atoms with Crippen LogP contribution in [0.15, 0.2) is 36.4 Å². The molecule has 100 valence electrons. The van der Waals surface area contributed by atoms with E-state index in [9.17, 15) is 0 Å². The molecule has 2 aromatic rings.